The van der Waals surface area contributed by atoms with Crippen LogP contribution in [-0.2, 0) is 23.9 Å². The van der Waals surface area contributed by atoms with Gasteiger partial charge in [-0.15, -0.1) is 11.3 Å². The lowest BCUT2D eigenvalue weighted by atomic mass is 9.83. The first kappa shape index (κ1) is 18.5. The summed E-state index contributed by atoms with van der Waals surface area (Å²) in [5.74, 6) is 1.15. The molecule has 2 aliphatic heterocycles. The minimum atomic E-state index is -0.921. The monoisotopic (exact) mass is 413 g/mol. The molecule has 5 heterocycles. The molecule has 3 atom stereocenters. The number of rotatable bonds is 5. The number of fused-ring (bicyclic) bond motifs is 2. The Morgan fingerprint density at radius 3 is 2.79 bits per heavy atom. The fourth-order valence-electron chi connectivity index (χ4n) is 4.88. The Morgan fingerprint density at radius 1 is 1.34 bits per heavy atom. The summed E-state index contributed by atoms with van der Waals surface area (Å²) in [6.07, 6.45) is 5.44. The molecule has 1 unspecified atom stereocenters. The van der Waals surface area contributed by atoms with Crippen LogP contribution in [0.4, 0.5) is 0 Å². The number of aromatic nitrogens is 4. The maximum absolute atomic E-state index is 13.0. The number of carbonyl (C=O) groups excluding carboxylic acids is 1. The van der Waals surface area contributed by atoms with Gasteiger partial charge in [0.05, 0.1) is 10.6 Å². The molecule has 29 heavy (non-hydrogen) atoms. The molecule has 2 fully saturated rings. The third-order valence-electron chi connectivity index (χ3n) is 6.11. The van der Waals surface area contributed by atoms with E-state index >= 15 is 0 Å². The van der Waals surface area contributed by atoms with Crippen molar-refractivity contribution in [1.82, 2.24) is 24.8 Å². The van der Waals surface area contributed by atoms with Crippen LogP contribution in [0.5, 0.6) is 0 Å². The predicted octanol–water partition coefficient (Wildman–Crippen LogP) is 2.51. The largest absolute Gasteiger partial charge is 0.383 e. The fourth-order valence-corrected chi connectivity index (χ4v) is 5.53. The molecule has 1 N–H and O–H groups in total. The maximum Gasteiger partial charge on any atom is 0.227 e. The first-order chi connectivity index (χ1) is 14.0. The summed E-state index contributed by atoms with van der Waals surface area (Å²) in [4.78, 5) is 20.3. The summed E-state index contributed by atoms with van der Waals surface area (Å²) in [7, 11) is 1.85. The van der Waals surface area contributed by atoms with Crippen molar-refractivity contribution in [1.29, 1.82) is 0 Å². The number of carbonyl (C=O) groups is 1. The first-order valence-electron chi connectivity index (χ1n) is 9.92. The highest BCUT2D eigenvalue weighted by atomic mass is 32.1. The van der Waals surface area contributed by atoms with Gasteiger partial charge in [-0.1, -0.05) is 11.2 Å². The van der Waals surface area contributed by atoms with Gasteiger partial charge in [0.2, 0.25) is 17.6 Å². The molecule has 152 valence electrons. The smallest absolute Gasteiger partial charge is 0.227 e. The predicted molar refractivity (Wildman–Crippen MR) is 106 cm³/mol. The first-order valence-corrected chi connectivity index (χ1v) is 10.8. The summed E-state index contributed by atoms with van der Waals surface area (Å²) in [5.41, 5.74) is -0.0934. The van der Waals surface area contributed by atoms with Crippen LogP contribution < -0.4 is 0 Å². The summed E-state index contributed by atoms with van der Waals surface area (Å²) < 4.78 is 7.05. The highest BCUT2D eigenvalue weighted by Crippen LogP contribution is 2.45. The molecular weight excluding hydrogens is 390 g/mol. The van der Waals surface area contributed by atoms with Crippen molar-refractivity contribution in [3.63, 3.8) is 0 Å². The standard InChI is InChI=1S/C20H23N5O3S/c1-24-16(8-9-21-24)20(27)11-13-4-5-14(12-20)25(13)18(26)7-6-17-22-19(23-28-17)15-3-2-10-29-15/h2-3,8-10,13-14,27H,4-7,11-12H2,1H3/t13-,14+,20?. The third-order valence-corrected chi connectivity index (χ3v) is 6.98. The number of hydrogen-bond donors (Lipinski definition) is 1. The van der Waals surface area contributed by atoms with Crippen LogP contribution in [0.2, 0.25) is 0 Å². The highest BCUT2D eigenvalue weighted by Gasteiger charge is 2.50. The van der Waals surface area contributed by atoms with Gasteiger partial charge in [0, 0.05) is 51.0 Å². The second kappa shape index (κ2) is 7.07. The lowest BCUT2D eigenvalue weighted by Crippen LogP contribution is -2.52. The number of amides is 1. The minimum Gasteiger partial charge on any atom is -0.383 e. The molecule has 0 aliphatic carbocycles. The topological polar surface area (TPSA) is 97.3 Å². The molecule has 1 amide bonds. The zero-order chi connectivity index (χ0) is 20.0. The number of hydrogen-bond acceptors (Lipinski definition) is 7. The quantitative estimate of drug-likeness (QED) is 0.690. The zero-order valence-corrected chi connectivity index (χ0v) is 17.0. The number of thiophene rings is 1. The normalized spacial score (nSPS) is 26.2. The Hall–Kier alpha value is -2.52. The fraction of sp³-hybridized carbons (Fsp3) is 0.500. The molecule has 0 saturated carbocycles. The van der Waals surface area contributed by atoms with Gasteiger partial charge in [0.15, 0.2) is 0 Å². The van der Waals surface area contributed by atoms with Crippen LogP contribution >= 0.6 is 11.3 Å². The van der Waals surface area contributed by atoms with E-state index in [-0.39, 0.29) is 18.0 Å². The second-order valence-corrected chi connectivity index (χ2v) is 8.90. The van der Waals surface area contributed by atoms with E-state index in [9.17, 15) is 9.90 Å². The molecule has 0 radical (unpaired) electrons. The van der Waals surface area contributed by atoms with Crippen LogP contribution in [0.1, 0.15) is 43.7 Å². The maximum atomic E-state index is 13.0. The van der Waals surface area contributed by atoms with Crippen molar-refractivity contribution in [2.45, 2.75) is 56.2 Å². The Bertz CT molecular complexity index is 997. The summed E-state index contributed by atoms with van der Waals surface area (Å²) in [5, 5.41) is 21.4. The minimum absolute atomic E-state index is 0.0607. The van der Waals surface area contributed by atoms with Gasteiger partial charge in [0.25, 0.3) is 0 Å². The molecule has 8 nitrogen and oxygen atoms in total. The van der Waals surface area contributed by atoms with E-state index < -0.39 is 5.60 Å². The van der Waals surface area contributed by atoms with Crippen molar-refractivity contribution < 1.29 is 14.4 Å². The van der Waals surface area contributed by atoms with E-state index in [1.54, 1.807) is 22.2 Å². The van der Waals surface area contributed by atoms with Gasteiger partial charge in [-0.3, -0.25) is 9.48 Å². The molecule has 0 spiro atoms. The van der Waals surface area contributed by atoms with Crippen LogP contribution in [0.25, 0.3) is 10.7 Å². The van der Waals surface area contributed by atoms with Gasteiger partial charge < -0.3 is 14.5 Å². The molecular formula is C20H23N5O3S. The zero-order valence-electron chi connectivity index (χ0n) is 16.2. The molecule has 2 saturated heterocycles. The van der Waals surface area contributed by atoms with E-state index in [4.69, 9.17) is 4.52 Å². The number of aryl methyl sites for hydroxylation is 2. The van der Waals surface area contributed by atoms with Crippen LogP contribution in [0.3, 0.4) is 0 Å². The van der Waals surface area contributed by atoms with E-state index in [0.717, 1.165) is 23.4 Å². The van der Waals surface area contributed by atoms with Crippen LogP contribution in [-0.4, -0.2) is 47.9 Å². The Labute approximate surface area is 172 Å². The summed E-state index contributed by atoms with van der Waals surface area (Å²) in [6.45, 7) is 0. The highest BCUT2D eigenvalue weighted by molar-refractivity contribution is 7.13. The van der Waals surface area contributed by atoms with Crippen LogP contribution in [0, 0.1) is 0 Å². The number of aliphatic hydroxyl groups is 1. The SMILES string of the molecule is Cn1nccc1C1(O)C[C@H]2CC[C@@H](C1)N2C(=O)CCc1nc(-c2cccs2)no1. The molecule has 5 rings (SSSR count). The van der Waals surface area contributed by atoms with Gasteiger partial charge in [-0.25, -0.2) is 0 Å². The molecule has 2 aliphatic rings. The van der Waals surface area contributed by atoms with E-state index in [2.05, 4.69) is 15.2 Å². The van der Waals surface area contributed by atoms with Gasteiger partial charge in [0.1, 0.15) is 5.60 Å². The van der Waals surface area contributed by atoms with Crippen LogP contribution in [0.15, 0.2) is 34.3 Å². The van der Waals surface area contributed by atoms with E-state index in [1.807, 2.05) is 35.5 Å². The second-order valence-electron chi connectivity index (χ2n) is 7.95. The number of nitrogens with zero attached hydrogens (tertiary/aromatic N) is 5. The van der Waals surface area contributed by atoms with Crippen molar-refractivity contribution in [3.05, 3.63) is 41.4 Å². The van der Waals surface area contributed by atoms with Crippen molar-refractivity contribution >= 4 is 17.2 Å². The Kier molecular flexibility index (Phi) is 4.51. The average molecular weight is 414 g/mol. The van der Waals surface area contributed by atoms with Gasteiger partial charge >= 0.3 is 0 Å². The Balaban J connectivity index is 1.24. The molecule has 2 bridgehead atoms. The van der Waals surface area contributed by atoms with Crippen molar-refractivity contribution in [2.75, 3.05) is 0 Å². The summed E-state index contributed by atoms with van der Waals surface area (Å²) in [6, 6.07) is 5.88. The van der Waals surface area contributed by atoms with E-state index in [1.165, 1.54) is 0 Å². The molecule has 3 aromatic heterocycles. The van der Waals surface area contributed by atoms with Crippen molar-refractivity contribution in [3.8, 4) is 10.7 Å². The van der Waals surface area contributed by atoms with Gasteiger partial charge in [-0.2, -0.15) is 10.1 Å². The lowest BCUT2D eigenvalue weighted by molar-refractivity contribution is -0.142. The lowest BCUT2D eigenvalue weighted by Gasteiger charge is -2.43. The average Bonchev–Trinajstić information content (AvgIpc) is 3.47. The van der Waals surface area contributed by atoms with E-state index in [0.29, 0.717) is 37.4 Å². The van der Waals surface area contributed by atoms with Gasteiger partial charge in [-0.05, 0) is 30.4 Å². The molecule has 3 aromatic rings. The molecule has 9 heteroatoms. The third kappa shape index (κ3) is 3.28. The molecule has 0 aromatic carbocycles. The number of piperidine rings is 1. The van der Waals surface area contributed by atoms with Crippen molar-refractivity contribution in [2.24, 2.45) is 7.05 Å². The Morgan fingerprint density at radius 2 is 2.14 bits per heavy atom. The summed E-state index contributed by atoms with van der Waals surface area (Å²) >= 11 is 1.55.